The van der Waals surface area contributed by atoms with Crippen LogP contribution in [0.4, 0.5) is 0 Å². The van der Waals surface area contributed by atoms with Gasteiger partial charge in [0.15, 0.2) is 0 Å². The summed E-state index contributed by atoms with van der Waals surface area (Å²) in [6.45, 7) is 12.4. The first-order valence-corrected chi connectivity index (χ1v) is 19.9. The molecule has 0 N–H and O–H groups in total. The highest BCUT2D eigenvalue weighted by atomic mass is 79.9. The fourth-order valence-corrected chi connectivity index (χ4v) is 6.47. The molecule has 0 spiro atoms. The van der Waals surface area contributed by atoms with E-state index in [1.807, 2.05) is 0 Å². The van der Waals surface area contributed by atoms with E-state index in [4.69, 9.17) is 0 Å². The topological polar surface area (TPSA) is 0 Å². The van der Waals surface area contributed by atoms with Crippen LogP contribution in [0.5, 0.6) is 0 Å². The van der Waals surface area contributed by atoms with Gasteiger partial charge in [0.1, 0.15) is 0 Å². The number of quaternary nitrogens is 2. The Morgan fingerprint density at radius 2 is 0.565 bits per heavy atom. The van der Waals surface area contributed by atoms with Gasteiger partial charge < -0.3 is 42.9 Å². The van der Waals surface area contributed by atoms with Crippen LogP contribution in [0.25, 0.3) is 0 Å². The third-order valence-corrected chi connectivity index (χ3v) is 9.85. The van der Waals surface area contributed by atoms with Gasteiger partial charge >= 0.3 is 0 Å². The Morgan fingerprint density at radius 1 is 0.370 bits per heavy atom. The van der Waals surface area contributed by atoms with E-state index >= 15 is 0 Å². The summed E-state index contributed by atoms with van der Waals surface area (Å²) < 4.78 is 2.15. The summed E-state index contributed by atoms with van der Waals surface area (Å²) in [5.41, 5.74) is 0. The molecule has 46 heavy (non-hydrogen) atoms. The van der Waals surface area contributed by atoms with Crippen molar-refractivity contribution in [3.05, 3.63) is 25.3 Å². The van der Waals surface area contributed by atoms with Crippen LogP contribution >= 0.6 is 0 Å². The molecule has 0 bridgehead atoms. The van der Waals surface area contributed by atoms with E-state index in [0.29, 0.717) is 0 Å². The van der Waals surface area contributed by atoms with Gasteiger partial charge in [-0.1, -0.05) is 167 Å². The quantitative estimate of drug-likeness (QED) is 0.0378. The van der Waals surface area contributed by atoms with Crippen molar-refractivity contribution < 1.29 is 42.9 Å². The normalized spacial score (nSPS) is 12.7. The highest BCUT2D eigenvalue weighted by Crippen LogP contribution is 2.19. The van der Waals surface area contributed by atoms with Crippen LogP contribution in [-0.2, 0) is 0 Å². The van der Waals surface area contributed by atoms with Gasteiger partial charge in [-0.2, -0.15) is 0 Å². The minimum Gasteiger partial charge on any atom is -1.00 e. The van der Waals surface area contributed by atoms with Gasteiger partial charge in [0.2, 0.25) is 0 Å². The number of rotatable bonds is 32. The van der Waals surface area contributed by atoms with Crippen LogP contribution in [0, 0.1) is 0 Å². The molecule has 0 heterocycles. The van der Waals surface area contributed by atoms with E-state index in [-0.39, 0.29) is 34.0 Å². The van der Waals surface area contributed by atoms with Crippen LogP contribution in [0.1, 0.15) is 194 Å². The molecule has 2 atom stereocenters. The van der Waals surface area contributed by atoms with Gasteiger partial charge in [-0.3, -0.25) is 0 Å². The van der Waals surface area contributed by atoms with Gasteiger partial charge in [-0.05, 0) is 25.7 Å². The predicted octanol–water partition coefficient (Wildman–Crippen LogP) is 7.47. The van der Waals surface area contributed by atoms with Crippen LogP contribution in [0.3, 0.4) is 0 Å². The lowest BCUT2D eigenvalue weighted by Gasteiger charge is -2.33. The second-order valence-electron chi connectivity index (χ2n) is 15.9. The third-order valence-electron chi connectivity index (χ3n) is 9.85. The average molecular weight is 781 g/mol. The van der Waals surface area contributed by atoms with Gasteiger partial charge in [-0.25, -0.2) is 0 Å². The number of unbranched alkanes of at least 4 members (excludes halogenated alkanes) is 22. The standard InChI is InChI=1S/2C21H44N.2BrH/c2*1-6-8-9-10-11-12-13-14-15-16-17-18-20-21(19-7-2)22(3,4)5;;/h2*7,21H,2,6,8-20H2,1,3-5H3;2*1H/q2*+1;;/p-2. The summed E-state index contributed by atoms with van der Waals surface area (Å²) in [4.78, 5) is 0. The molecule has 0 saturated carbocycles. The Kier molecular flexibility index (Phi) is 44.1. The number of halogens is 2. The summed E-state index contributed by atoms with van der Waals surface area (Å²) in [5.74, 6) is 0. The molecule has 0 saturated heterocycles. The van der Waals surface area contributed by atoms with E-state index in [0.717, 1.165) is 33.9 Å². The molecular formula is C42H88Br2N2. The van der Waals surface area contributed by atoms with E-state index in [9.17, 15) is 0 Å². The first-order valence-electron chi connectivity index (χ1n) is 19.9. The van der Waals surface area contributed by atoms with Crippen molar-refractivity contribution in [1.82, 2.24) is 0 Å². The maximum absolute atomic E-state index is 3.91. The Balaban J connectivity index is -0.000000367. The second kappa shape index (κ2) is 38.2. The molecule has 0 aliphatic rings. The SMILES string of the molecule is C=CCC(CCCCCCCCCCCCCC)[N+](C)(C)C.C=CCC(CCCCCCCCCCCCCC)[N+](C)(C)C.[Br-].[Br-]. The van der Waals surface area contributed by atoms with Crippen LogP contribution < -0.4 is 34.0 Å². The summed E-state index contributed by atoms with van der Waals surface area (Å²) in [6, 6.07) is 1.50. The van der Waals surface area contributed by atoms with E-state index in [1.165, 1.54) is 167 Å². The smallest absolute Gasteiger partial charge is 0.0918 e. The van der Waals surface area contributed by atoms with Crippen molar-refractivity contribution >= 4 is 0 Å². The van der Waals surface area contributed by atoms with E-state index in [2.05, 4.69) is 81.4 Å². The molecule has 0 radical (unpaired) electrons. The Morgan fingerprint density at radius 3 is 0.739 bits per heavy atom. The molecule has 0 aromatic heterocycles. The zero-order valence-corrected chi connectivity index (χ0v) is 36.3. The Hall–Kier alpha value is 0.360. The van der Waals surface area contributed by atoms with Gasteiger partial charge in [0.05, 0.1) is 54.4 Å². The number of nitrogens with zero attached hydrogens (tertiary/aromatic N) is 2. The van der Waals surface area contributed by atoms with E-state index < -0.39 is 0 Å². The number of hydrogen-bond donors (Lipinski definition) is 0. The molecule has 4 heteroatoms. The van der Waals surface area contributed by atoms with Crippen LogP contribution in [0.15, 0.2) is 25.3 Å². The maximum Gasteiger partial charge on any atom is 0.0918 e. The van der Waals surface area contributed by atoms with Crippen molar-refractivity contribution in [1.29, 1.82) is 0 Å². The van der Waals surface area contributed by atoms with Gasteiger partial charge in [0, 0.05) is 12.8 Å². The lowest BCUT2D eigenvalue weighted by atomic mass is 10.0. The zero-order chi connectivity index (χ0) is 33.4. The highest BCUT2D eigenvalue weighted by Gasteiger charge is 2.22. The van der Waals surface area contributed by atoms with Crippen LogP contribution in [-0.4, -0.2) is 63.3 Å². The molecule has 0 rings (SSSR count). The first-order chi connectivity index (χ1) is 21.0. The molecule has 0 aliphatic heterocycles. The molecule has 2 nitrogen and oxygen atoms in total. The molecule has 0 aromatic carbocycles. The predicted molar refractivity (Wildman–Crippen MR) is 205 cm³/mol. The van der Waals surface area contributed by atoms with Crippen molar-refractivity contribution in [3.63, 3.8) is 0 Å². The minimum absolute atomic E-state index is 0. The highest BCUT2D eigenvalue weighted by molar-refractivity contribution is 4.74. The molecule has 280 valence electrons. The molecule has 0 amide bonds. The monoisotopic (exact) mass is 779 g/mol. The Bertz CT molecular complexity index is 541. The lowest BCUT2D eigenvalue weighted by molar-refractivity contribution is -0.896. The molecule has 0 fully saturated rings. The summed E-state index contributed by atoms with van der Waals surface area (Å²) in [5, 5.41) is 0. The Labute approximate surface area is 314 Å². The maximum atomic E-state index is 3.91. The lowest BCUT2D eigenvalue weighted by Crippen LogP contribution is -3.00. The van der Waals surface area contributed by atoms with Crippen molar-refractivity contribution in [2.45, 2.75) is 206 Å². The third kappa shape index (κ3) is 38.8. The minimum atomic E-state index is 0. The number of hydrogen-bond acceptors (Lipinski definition) is 0. The first kappa shape index (κ1) is 53.2. The molecule has 0 aromatic rings. The van der Waals surface area contributed by atoms with Gasteiger partial charge in [0.25, 0.3) is 0 Å². The summed E-state index contributed by atoms with van der Waals surface area (Å²) in [7, 11) is 13.9. The van der Waals surface area contributed by atoms with E-state index in [1.54, 1.807) is 0 Å². The molecular weight excluding hydrogens is 692 g/mol. The molecule has 2 unspecified atom stereocenters. The zero-order valence-electron chi connectivity index (χ0n) is 33.2. The van der Waals surface area contributed by atoms with Crippen molar-refractivity contribution in [3.8, 4) is 0 Å². The summed E-state index contributed by atoms with van der Waals surface area (Å²) in [6.07, 6.45) is 43.7. The second-order valence-corrected chi connectivity index (χ2v) is 15.9. The van der Waals surface area contributed by atoms with Crippen LogP contribution in [0.2, 0.25) is 0 Å². The fraction of sp³-hybridized carbons (Fsp3) is 0.905. The molecule has 0 aliphatic carbocycles. The largest absolute Gasteiger partial charge is 1.00 e. The summed E-state index contributed by atoms with van der Waals surface area (Å²) >= 11 is 0. The fourth-order valence-electron chi connectivity index (χ4n) is 6.47. The van der Waals surface area contributed by atoms with Crippen molar-refractivity contribution in [2.24, 2.45) is 0 Å². The average Bonchev–Trinajstić information content (AvgIpc) is 2.96. The van der Waals surface area contributed by atoms with Gasteiger partial charge in [-0.15, -0.1) is 13.2 Å². The van der Waals surface area contributed by atoms with Crippen molar-refractivity contribution in [2.75, 3.05) is 42.3 Å².